The van der Waals surface area contributed by atoms with Crippen molar-refractivity contribution in [1.82, 2.24) is 5.32 Å². The van der Waals surface area contributed by atoms with Crippen LogP contribution in [0.5, 0.6) is 0 Å². The van der Waals surface area contributed by atoms with E-state index in [1.54, 1.807) is 24.3 Å². The maximum Gasteiger partial charge on any atom is 0.134 e. The molecule has 0 atom stereocenters. The number of halogens is 3. The first-order valence-electron chi connectivity index (χ1n) is 7.50. The van der Waals surface area contributed by atoms with Gasteiger partial charge < -0.3 is 9.73 Å². The fourth-order valence-electron chi connectivity index (χ4n) is 2.34. The summed E-state index contributed by atoms with van der Waals surface area (Å²) in [5.41, 5.74) is 1.94. The van der Waals surface area contributed by atoms with Crippen LogP contribution in [-0.4, -0.2) is 6.54 Å². The Morgan fingerprint density at radius 3 is 2.08 bits per heavy atom. The van der Waals surface area contributed by atoms with Gasteiger partial charge in [0.05, 0.1) is 6.54 Å². The number of rotatable bonds is 6. The van der Waals surface area contributed by atoms with Crippen molar-refractivity contribution in [3.63, 3.8) is 0 Å². The minimum absolute atomic E-state index is 0. The molecule has 0 bridgehead atoms. The molecule has 3 rings (SSSR count). The largest absolute Gasteiger partial charge is 0.460 e. The summed E-state index contributed by atoms with van der Waals surface area (Å²) in [6.45, 7) is 1.39. The van der Waals surface area contributed by atoms with Crippen LogP contribution < -0.4 is 5.32 Å². The Morgan fingerprint density at radius 2 is 1.42 bits per heavy atom. The lowest BCUT2D eigenvalue weighted by Crippen LogP contribution is -2.16. The number of hydrogen-bond donors (Lipinski definition) is 1. The molecule has 0 unspecified atom stereocenters. The number of hydrogen-bond acceptors (Lipinski definition) is 2. The van der Waals surface area contributed by atoms with Crippen molar-refractivity contribution < 1.29 is 13.2 Å². The Morgan fingerprint density at radius 1 is 0.792 bits per heavy atom. The summed E-state index contributed by atoms with van der Waals surface area (Å²) in [4.78, 5) is 0. The van der Waals surface area contributed by atoms with Crippen molar-refractivity contribution in [2.45, 2.75) is 13.0 Å². The van der Waals surface area contributed by atoms with E-state index < -0.39 is 0 Å². The third kappa shape index (κ3) is 4.91. The predicted octanol–water partition coefficient (Wildman–Crippen LogP) is 4.98. The Balaban J connectivity index is 0.00000208. The number of furan rings is 1. The third-order valence-corrected chi connectivity index (χ3v) is 3.59. The van der Waals surface area contributed by atoms with Crippen LogP contribution in [-0.2, 0) is 13.0 Å². The van der Waals surface area contributed by atoms with Crippen LogP contribution >= 0.6 is 12.4 Å². The van der Waals surface area contributed by atoms with Crippen LogP contribution in [0.1, 0.15) is 11.3 Å². The summed E-state index contributed by atoms with van der Waals surface area (Å²) >= 11 is 0. The van der Waals surface area contributed by atoms with Crippen molar-refractivity contribution in [1.29, 1.82) is 0 Å². The molecular formula is C19H18ClF2NO. The van der Waals surface area contributed by atoms with E-state index >= 15 is 0 Å². The molecule has 1 heterocycles. The van der Waals surface area contributed by atoms with Crippen molar-refractivity contribution >= 4 is 12.4 Å². The quantitative estimate of drug-likeness (QED) is 0.635. The van der Waals surface area contributed by atoms with Gasteiger partial charge in [0.2, 0.25) is 0 Å². The lowest BCUT2D eigenvalue weighted by molar-refractivity contribution is 0.494. The van der Waals surface area contributed by atoms with Gasteiger partial charge in [-0.15, -0.1) is 12.4 Å². The van der Waals surface area contributed by atoms with Gasteiger partial charge in [0.1, 0.15) is 23.2 Å². The fraction of sp³-hybridized carbons (Fsp3) is 0.158. The molecule has 24 heavy (non-hydrogen) atoms. The molecule has 0 radical (unpaired) electrons. The first-order chi connectivity index (χ1) is 11.2. The molecule has 0 saturated heterocycles. The van der Waals surface area contributed by atoms with Gasteiger partial charge in [-0.2, -0.15) is 0 Å². The van der Waals surface area contributed by atoms with E-state index in [1.807, 2.05) is 12.1 Å². The van der Waals surface area contributed by atoms with Gasteiger partial charge in [-0.3, -0.25) is 0 Å². The molecule has 2 nitrogen and oxygen atoms in total. The summed E-state index contributed by atoms with van der Waals surface area (Å²) in [5, 5.41) is 3.29. The van der Waals surface area contributed by atoms with Gasteiger partial charge in [0.25, 0.3) is 0 Å². The Bertz CT molecular complexity index is 754. The number of nitrogens with one attached hydrogen (secondary N) is 1. The standard InChI is InChI=1S/C19H17F2NO.ClH/c20-16-5-1-14(2-6-16)11-12-22-13-18-9-10-19(23-18)15-3-7-17(21)8-4-15;/h1-10,22H,11-13H2;1H. The maximum atomic E-state index is 12.9. The van der Waals surface area contributed by atoms with E-state index in [-0.39, 0.29) is 24.0 Å². The molecule has 126 valence electrons. The first-order valence-corrected chi connectivity index (χ1v) is 7.50. The molecular weight excluding hydrogens is 332 g/mol. The zero-order valence-electron chi connectivity index (χ0n) is 13.0. The second-order valence-corrected chi connectivity index (χ2v) is 5.33. The third-order valence-electron chi connectivity index (χ3n) is 3.59. The number of benzene rings is 2. The lowest BCUT2D eigenvalue weighted by atomic mass is 10.1. The Labute approximate surface area is 145 Å². The highest BCUT2D eigenvalue weighted by Crippen LogP contribution is 2.22. The lowest BCUT2D eigenvalue weighted by Gasteiger charge is -2.03. The SMILES string of the molecule is Cl.Fc1ccc(CCNCc2ccc(-c3ccc(F)cc3)o2)cc1. The van der Waals surface area contributed by atoms with Crippen LogP contribution in [0.3, 0.4) is 0 Å². The van der Waals surface area contributed by atoms with Gasteiger partial charge in [0.15, 0.2) is 0 Å². The summed E-state index contributed by atoms with van der Waals surface area (Å²) in [7, 11) is 0. The molecule has 1 N–H and O–H groups in total. The van der Waals surface area contributed by atoms with Crippen molar-refractivity contribution in [2.75, 3.05) is 6.54 Å². The Kier molecular flexibility index (Phi) is 6.53. The summed E-state index contributed by atoms with van der Waals surface area (Å²) in [6, 6.07) is 16.5. The zero-order valence-corrected chi connectivity index (χ0v) is 13.8. The van der Waals surface area contributed by atoms with Gasteiger partial charge in [0, 0.05) is 5.56 Å². The molecule has 0 aliphatic rings. The van der Waals surface area contributed by atoms with Crippen molar-refractivity contribution in [2.24, 2.45) is 0 Å². The monoisotopic (exact) mass is 349 g/mol. The molecule has 2 aromatic carbocycles. The molecule has 0 aliphatic carbocycles. The zero-order chi connectivity index (χ0) is 16.1. The van der Waals surface area contributed by atoms with E-state index in [9.17, 15) is 8.78 Å². The molecule has 0 amide bonds. The van der Waals surface area contributed by atoms with Gasteiger partial charge >= 0.3 is 0 Å². The molecule has 3 aromatic rings. The highest BCUT2D eigenvalue weighted by molar-refractivity contribution is 5.85. The minimum atomic E-state index is -0.261. The molecule has 0 spiro atoms. The predicted molar refractivity (Wildman–Crippen MR) is 93.2 cm³/mol. The molecule has 1 aromatic heterocycles. The van der Waals surface area contributed by atoms with E-state index in [0.717, 1.165) is 35.6 Å². The van der Waals surface area contributed by atoms with Crippen LogP contribution in [0.4, 0.5) is 8.78 Å². The highest BCUT2D eigenvalue weighted by Gasteiger charge is 2.05. The van der Waals surface area contributed by atoms with E-state index in [4.69, 9.17) is 4.42 Å². The summed E-state index contributed by atoms with van der Waals surface area (Å²) in [6.07, 6.45) is 0.825. The van der Waals surface area contributed by atoms with Gasteiger partial charge in [-0.25, -0.2) is 8.78 Å². The average Bonchev–Trinajstić information content (AvgIpc) is 3.03. The smallest absolute Gasteiger partial charge is 0.134 e. The van der Waals surface area contributed by atoms with Gasteiger partial charge in [-0.1, -0.05) is 12.1 Å². The highest BCUT2D eigenvalue weighted by atomic mass is 35.5. The van der Waals surface area contributed by atoms with Crippen LogP contribution in [0.2, 0.25) is 0 Å². The van der Waals surface area contributed by atoms with Crippen LogP contribution in [0.25, 0.3) is 11.3 Å². The Hall–Kier alpha value is -2.17. The van der Waals surface area contributed by atoms with Crippen molar-refractivity contribution in [3.8, 4) is 11.3 Å². The molecule has 5 heteroatoms. The van der Waals surface area contributed by atoms with E-state index in [1.165, 1.54) is 24.3 Å². The molecule has 0 fully saturated rings. The van der Waals surface area contributed by atoms with Gasteiger partial charge in [-0.05, 0) is 67.1 Å². The fourth-order valence-corrected chi connectivity index (χ4v) is 2.34. The van der Waals surface area contributed by atoms with Crippen molar-refractivity contribution in [3.05, 3.63) is 83.6 Å². The normalized spacial score (nSPS) is 10.4. The second-order valence-electron chi connectivity index (χ2n) is 5.33. The average molecular weight is 350 g/mol. The van der Waals surface area contributed by atoms with Crippen LogP contribution in [0, 0.1) is 11.6 Å². The molecule has 0 aliphatic heterocycles. The second kappa shape index (κ2) is 8.62. The summed E-state index contributed by atoms with van der Waals surface area (Å²) in [5.74, 6) is 1.07. The van der Waals surface area contributed by atoms with E-state index in [0.29, 0.717) is 6.54 Å². The minimum Gasteiger partial charge on any atom is -0.460 e. The van der Waals surface area contributed by atoms with E-state index in [2.05, 4.69) is 5.32 Å². The van der Waals surface area contributed by atoms with Crippen LogP contribution in [0.15, 0.2) is 65.1 Å². The summed E-state index contributed by atoms with van der Waals surface area (Å²) < 4.78 is 31.5. The topological polar surface area (TPSA) is 25.2 Å². The maximum absolute atomic E-state index is 12.9. The first kappa shape index (κ1) is 18.2. The molecule has 0 saturated carbocycles.